The first-order valence-electron chi connectivity index (χ1n) is 5.73. The first-order chi connectivity index (χ1) is 8.81. The molecule has 2 heterocycles. The Morgan fingerprint density at radius 1 is 1.44 bits per heavy atom. The number of rotatable bonds is 5. The Kier molecular flexibility index (Phi) is 4.30. The van der Waals surface area contributed by atoms with E-state index in [4.69, 9.17) is 0 Å². The summed E-state index contributed by atoms with van der Waals surface area (Å²) < 4.78 is 0. The summed E-state index contributed by atoms with van der Waals surface area (Å²) in [5, 5.41) is 7.91. The first-order valence-corrected chi connectivity index (χ1v) is 6.61. The molecule has 0 bridgehead atoms. The van der Waals surface area contributed by atoms with Crippen molar-refractivity contribution in [2.45, 2.75) is 6.42 Å². The normalized spacial score (nSPS) is 10.1. The molecule has 2 aromatic heterocycles. The van der Waals surface area contributed by atoms with Gasteiger partial charge in [-0.05, 0) is 23.9 Å². The third-order valence-electron chi connectivity index (χ3n) is 2.57. The number of aromatic nitrogens is 1. The molecule has 0 fully saturated rings. The minimum absolute atomic E-state index is 0.0710. The minimum atomic E-state index is -0.0710. The lowest BCUT2D eigenvalue weighted by Gasteiger charge is -2.08. The van der Waals surface area contributed by atoms with E-state index in [0.29, 0.717) is 12.1 Å². The van der Waals surface area contributed by atoms with Gasteiger partial charge in [-0.25, -0.2) is 0 Å². The number of carbonyl (C=O) groups excluding carboxylic acids is 1. The fourth-order valence-corrected chi connectivity index (χ4v) is 2.35. The lowest BCUT2D eigenvalue weighted by Crippen LogP contribution is -2.26. The van der Waals surface area contributed by atoms with Gasteiger partial charge in [0.25, 0.3) is 5.91 Å². The Hall–Kier alpha value is -1.88. The van der Waals surface area contributed by atoms with Crippen LogP contribution in [0, 0.1) is 0 Å². The number of amides is 1. The summed E-state index contributed by atoms with van der Waals surface area (Å²) in [6.45, 7) is 0.644. The Balaban J connectivity index is 1.91. The maximum atomic E-state index is 12.0. The van der Waals surface area contributed by atoms with Crippen LogP contribution in [-0.4, -0.2) is 24.5 Å². The van der Waals surface area contributed by atoms with Crippen LogP contribution in [0.1, 0.15) is 15.2 Å². The highest BCUT2D eigenvalue weighted by atomic mass is 32.1. The van der Waals surface area contributed by atoms with Crippen molar-refractivity contribution in [1.29, 1.82) is 0 Å². The average molecular weight is 261 g/mol. The Bertz CT molecular complexity index is 511. The molecule has 1 amide bonds. The Morgan fingerprint density at radius 2 is 2.33 bits per heavy atom. The molecule has 0 aliphatic heterocycles. The zero-order valence-electron chi connectivity index (χ0n) is 10.1. The highest BCUT2D eigenvalue weighted by Gasteiger charge is 2.09. The van der Waals surface area contributed by atoms with Crippen molar-refractivity contribution in [3.8, 4) is 0 Å². The van der Waals surface area contributed by atoms with Crippen molar-refractivity contribution >= 4 is 22.9 Å². The van der Waals surface area contributed by atoms with Crippen LogP contribution in [0.2, 0.25) is 0 Å². The largest absolute Gasteiger partial charge is 0.386 e. The lowest BCUT2D eigenvalue weighted by atomic mass is 10.2. The molecule has 0 radical (unpaired) electrons. The molecule has 0 spiro atoms. The molecule has 2 aromatic rings. The maximum Gasteiger partial charge on any atom is 0.253 e. The van der Waals surface area contributed by atoms with Gasteiger partial charge in [0.15, 0.2) is 0 Å². The molecular weight excluding hydrogens is 246 g/mol. The molecule has 0 aliphatic rings. The van der Waals surface area contributed by atoms with Gasteiger partial charge in [-0.2, -0.15) is 0 Å². The van der Waals surface area contributed by atoms with Gasteiger partial charge in [0, 0.05) is 24.7 Å². The molecule has 5 heteroatoms. The number of nitrogens with zero attached hydrogens (tertiary/aromatic N) is 1. The van der Waals surface area contributed by atoms with Crippen molar-refractivity contribution in [2.75, 3.05) is 18.9 Å². The summed E-state index contributed by atoms with van der Waals surface area (Å²) >= 11 is 1.70. The molecule has 0 aliphatic carbocycles. The van der Waals surface area contributed by atoms with E-state index >= 15 is 0 Å². The van der Waals surface area contributed by atoms with E-state index in [1.54, 1.807) is 36.8 Å². The van der Waals surface area contributed by atoms with Crippen molar-refractivity contribution in [3.63, 3.8) is 0 Å². The van der Waals surface area contributed by atoms with Crippen LogP contribution < -0.4 is 10.6 Å². The predicted octanol–water partition coefficient (Wildman–Crippen LogP) is 2.16. The Labute approximate surface area is 110 Å². The summed E-state index contributed by atoms with van der Waals surface area (Å²) in [6, 6.07) is 5.80. The molecule has 4 nitrogen and oxygen atoms in total. The molecule has 0 saturated carbocycles. The summed E-state index contributed by atoms with van der Waals surface area (Å²) in [7, 11) is 1.78. The van der Waals surface area contributed by atoms with Gasteiger partial charge < -0.3 is 10.6 Å². The van der Waals surface area contributed by atoms with Crippen molar-refractivity contribution in [1.82, 2.24) is 10.3 Å². The zero-order chi connectivity index (χ0) is 12.8. The van der Waals surface area contributed by atoms with E-state index in [1.807, 2.05) is 11.4 Å². The third kappa shape index (κ3) is 3.07. The summed E-state index contributed by atoms with van der Waals surface area (Å²) in [5.74, 6) is -0.0710. The molecule has 0 aromatic carbocycles. The highest BCUT2D eigenvalue weighted by molar-refractivity contribution is 7.09. The van der Waals surface area contributed by atoms with Crippen molar-refractivity contribution < 1.29 is 4.79 Å². The van der Waals surface area contributed by atoms with Gasteiger partial charge in [0.1, 0.15) is 0 Å². The van der Waals surface area contributed by atoms with Crippen LogP contribution in [0.25, 0.3) is 0 Å². The smallest absolute Gasteiger partial charge is 0.253 e. The van der Waals surface area contributed by atoms with E-state index < -0.39 is 0 Å². The van der Waals surface area contributed by atoms with Gasteiger partial charge in [-0.3, -0.25) is 9.78 Å². The standard InChI is InChI=1S/C13H15N3OS/c1-14-12-9-15-6-5-11(12)13(17)16-7-4-10-3-2-8-18-10/h2-3,5-6,8-9,14H,4,7H2,1H3,(H,16,17). The zero-order valence-corrected chi connectivity index (χ0v) is 11.0. The topological polar surface area (TPSA) is 54.0 Å². The number of thiophene rings is 1. The van der Waals surface area contributed by atoms with Crippen LogP contribution >= 0.6 is 11.3 Å². The second-order valence-corrected chi connectivity index (χ2v) is 4.79. The molecular formula is C13H15N3OS. The van der Waals surface area contributed by atoms with E-state index in [0.717, 1.165) is 12.1 Å². The lowest BCUT2D eigenvalue weighted by molar-refractivity contribution is 0.0955. The summed E-state index contributed by atoms with van der Waals surface area (Å²) in [6.07, 6.45) is 4.13. The molecule has 94 valence electrons. The van der Waals surface area contributed by atoms with Gasteiger partial charge in [-0.15, -0.1) is 11.3 Å². The quantitative estimate of drug-likeness (QED) is 0.867. The second kappa shape index (κ2) is 6.16. The van der Waals surface area contributed by atoms with Crippen LogP contribution in [0.15, 0.2) is 36.0 Å². The number of pyridine rings is 1. The monoisotopic (exact) mass is 261 g/mol. The van der Waals surface area contributed by atoms with E-state index in [-0.39, 0.29) is 5.91 Å². The molecule has 0 unspecified atom stereocenters. The predicted molar refractivity (Wildman–Crippen MR) is 74.1 cm³/mol. The van der Waals surface area contributed by atoms with Gasteiger partial charge in [0.05, 0.1) is 17.4 Å². The van der Waals surface area contributed by atoms with Crippen molar-refractivity contribution in [2.24, 2.45) is 0 Å². The molecule has 0 atom stereocenters. The molecule has 18 heavy (non-hydrogen) atoms. The fraction of sp³-hybridized carbons (Fsp3) is 0.231. The van der Waals surface area contributed by atoms with Crippen LogP contribution in [0.4, 0.5) is 5.69 Å². The van der Waals surface area contributed by atoms with Crippen LogP contribution in [-0.2, 0) is 6.42 Å². The van der Waals surface area contributed by atoms with E-state index in [2.05, 4.69) is 21.7 Å². The number of nitrogens with one attached hydrogen (secondary N) is 2. The SMILES string of the molecule is CNc1cnccc1C(=O)NCCc1cccs1. The fourth-order valence-electron chi connectivity index (χ4n) is 1.64. The Morgan fingerprint density at radius 3 is 3.06 bits per heavy atom. The molecule has 2 rings (SSSR count). The maximum absolute atomic E-state index is 12.0. The molecule has 2 N–H and O–H groups in total. The van der Waals surface area contributed by atoms with Gasteiger partial charge >= 0.3 is 0 Å². The second-order valence-electron chi connectivity index (χ2n) is 3.76. The first kappa shape index (κ1) is 12.6. The number of hydrogen-bond donors (Lipinski definition) is 2. The number of carbonyl (C=O) groups is 1. The minimum Gasteiger partial charge on any atom is -0.386 e. The van der Waals surface area contributed by atoms with Crippen LogP contribution in [0.3, 0.4) is 0 Å². The molecule has 0 saturated heterocycles. The number of anilines is 1. The van der Waals surface area contributed by atoms with Gasteiger partial charge in [0.2, 0.25) is 0 Å². The van der Waals surface area contributed by atoms with Gasteiger partial charge in [-0.1, -0.05) is 6.07 Å². The van der Waals surface area contributed by atoms with Crippen LogP contribution in [0.5, 0.6) is 0 Å². The average Bonchev–Trinajstić information content (AvgIpc) is 2.91. The van der Waals surface area contributed by atoms with E-state index in [9.17, 15) is 4.79 Å². The number of hydrogen-bond acceptors (Lipinski definition) is 4. The summed E-state index contributed by atoms with van der Waals surface area (Å²) in [4.78, 5) is 17.2. The highest BCUT2D eigenvalue weighted by Crippen LogP contribution is 2.12. The van der Waals surface area contributed by atoms with Crippen molar-refractivity contribution in [3.05, 3.63) is 46.4 Å². The third-order valence-corrected chi connectivity index (χ3v) is 3.51. The van der Waals surface area contributed by atoms with E-state index in [1.165, 1.54) is 4.88 Å². The summed E-state index contributed by atoms with van der Waals surface area (Å²) in [5.41, 5.74) is 1.37.